The van der Waals surface area contributed by atoms with E-state index in [0.29, 0.717) is 11.5 Å². The third-order valence-corrected chi connectivity index (χ3v) is 5.46. The minimum absolute atomic E-state index is 0.131. The molecule has 0 heterocycles. The maximum Gasteiger partial charge on any atom is 0.416 e. The van der Waals surface area contributed by atoms with Crippen molar-refractivity contribution in [1.82, 2.24) is 0 Å². The standard InChI is InChI=1S/C22H24F3NO/c1-14-3-6-16(7-4-14)17-8-10-18(11-9-17)21(27)26-19-12-5-15(2)20(13-19)22(23,24)25/h5,8-14,16H,3-4,6-7H2,1-2H3,(H,26,27). The summed E-state index contributed by atoms with van der Waals surface area (Å²) in [5.41, 5.74) is 1.21. The molecule has 1 N–H and O–H groups in total. The quantitative estimate of drug-likeness (QED) is 0.647. The van der Waals surface area contributed by atoms with Gasteiger partial charge in [0.15, 0.2) is 0 Å². The molecule has 27 heavy (non-hydrogen) atoms. The van der Waals surface area contributed by atoms with Gasteiger partial charge in [-0.25, -0.2) is 0 Å². The maximum atomic E-state index is 13.0. The summed E-state index contributed by atoms with van der Waals surface area (Å²) in [5, 5.41) is 2.56. The van der Waals surface area contributed by atoms with E-state index in [1.54, 1.807) is 12.1 Å². The Balaban J connectivity index is 1.70. The number of rotatable bonds is 3. The van der Waals surface area contributed by atoms with Crippen LogP contribution in [0.1, 0.15) is 65.6 Å². The minimum Gasteiger partial charge on any atom is -0.322 e. The van der Waals surface area contributed by atoms with E-state index in [9.17, 15) is 18.0 Å². The van der Waals surface area contributed by atoms with Gasteiger partial charge in [0.25, 0.3) is 5.91 Å². The molecule has 0 spiro atoms. The molecule has 0 unspecified atom stereocenters. The topological polar surface area (TPSA) is 29.1 Å². The molecule has 1 saturated carbocycles. The maximum absolute atomic E-state index is 13.0. The largest absolute Gasteiger partial charge is 0.416 e. The minimum atomic E-state index is -4.44. The van der Waals surface area contributed by atoms with E-state index in [1.807, 2.05) is 12.1 Å². The van der Waals surface area contributed by atoms with Gasteiger partial charge in [-0.2, -0.15) is 13.2 Å². The van der Waals surface area contributed by atoms with E-state index in [2.05, 4.69) is 12.2 Å². The molecule has 2 nitrogen and oxygen atoms in total. The second-order valence-electron chi connectivity index (χ2n) is 7.56. The zero-order valence-corrected chi connectivity index (χ0v) is 15.6. The van der Waals surface area contributed by atoms with Gasteiger partial charge in [-0.3, -0.25) is 4.79 Å². The van der Waals surface area contributed by atoms with Crippen molar-refractivity contribution in [3.05, 3.63) is 64.7 Å². The number of halogens is 3. The lowest BCUT2D eigenvalue weighted by atomic mass is 9.79. The van der Waals surface area contributed by atoms with E-state index >= 15 is 0 Å². The number of carbonyl (C=O) groups excluding carboxylic acids is 1. The Morgan fingerprint density at radius 1 is 1.00 bits per heavy atom. The first-order valence-electron chi connectivity index (χ1n) is 9.33. The molecule has 0 atom stereocenters. The van der Waals surface area contributed by atoms with E-state index in [1.165, 1.54) is 37.5 Å². The third kappa shape index (κ3) is 4.71. The highest BCUT2D eigenvalue weighted by Crippen LogP contribution is 2.36. The summed E-state index contributed by atoms with van der Waals surface area (Å²) in [6, 6.07) is 11.3. The van der Waals surface area contributed by atoms with Gasteiger partial charge < -0.3 is 5.32 Å². The average Bonchev–Trinajstić information content (AvgIpc) is 2.63. The number of hydrogen-bond donors (Lipinski definition) is 1. The fourth-order valence-electron chi connectivity index (χ4n) is 3.71. The van der Waals surface area contributed by atoms with Crippen molar-refractivity contribution in [3.8, 4) is 0 Å². The molecule has 3 rings (SSSR count). The lowest BCUT2D eigenvalue weighted by Gasteiger charge is -2.26. The lowest BCUT2D eigenvalue weighted by Crippen LogP contribution is -2.14. The molecular weight excluding hydrogens is 351 g/mol. The summed E-state index contributed by atoms with van der Waals surface area (Å²) in [6.45, 7) is 3.68. The molecule has 0 bridgehead atoms. The van der Waals surface area contributed by atoms with Gasteiger partial charge in [0.05, 0.1) is 5.56 Å². The fourth-order valence-corrected chi connectivity index (χ4v) is 3.71. The zero-order valence-electron chi connectivity index (χ0n) is 15.6. The van der Waals surface area contributed by atoms with Crippen molar-refractivity contribution >= 4 is 11.6 Å². The summed E-state index contributed by atoms with van der Waals surface area (Å²) < 4.78 is 39.1. The van der Waals surface area contributed by atoms with Crippen LogP contribution in [0.5, 0.6) is 0 Å². The van der Waals surface area contributed by atoms with Gasteiger partial charge in [-0.05, 0) is 67.0 Å². The smallest absolute Gasteiger partial charge is 0.322 e. The Kier molecular flexibility index (Phi) is 5.59. The number of aryl methyl sites for hydroxylation is 1. The summed E-state index contributed by atoms with van der Waals surface area (Å²) in [5.74, 6) is 0.906. The number of benzene rings is 2. The van der Waals surface area contributed by atoms with Gasteiger partial charge in [0.1, 0.15) is 0 Å². The van der Waals surface area contributed by atoms with Crippen LogP contribution in [0.2, 0.25) is 0 Å². The first-order chi connectivity index (χ1) is 12.7. The number of nitrogens with one attached hydrogen (secondary N) is 1. The predicted molar refractivity (Wildman–Crippen MR) is 101 cm³/mol. The van der Waals surface area contributed by atoms with Crippen molar-refractivity contribution in [2.75, 3.05) is 5.32 Å². The van der Waals surface area contributed by atoms with Gasteiger partial charge in [0.2, 0.25) is 0 Å². The summed E-state index contributed by atoms with van der Waals surface area (Å²) in [7, 11) is 0. The van der Waals surface area contributed by atoms with Crippen LogP contribution in [-0.2, 0) is 6.18 Å². The lowest BCUT2D eigenvalue weighted by molar-refractivity contribution is -0.138. The molecule has 144 valence electrons. The van der Waals surface area contributed by atoms with Gasteiger partial charge in [-0.15, -0.1) is 0 Å². The summed E-state index contributed by atoms with van der Waals surface area (Å²) in [6.07, 6.45) is 0.334. The summed E-state index contributed by atoms with van der Waals surface area (Å²) in [4.78, 5) is 12.4. The monoisotopic (exact) mass is 375 g/mol. The van der Waals surface area contributed by atoms with Crippen LogP contribution in [0.15, 0.2) is 42.5 Å². The van der Waals surface area contributed by atoms with Gasteiger partial charge in [-0.1, -0.05) is 38.0 Å². The Morgan fingerprint density at radius 3 is 2.22 bits per heavy atom. The van der Waals surface area contributed by atoms with Gasteiger partial charge >= 0.3 is 6.18 Å². The van der Waals surface area contributed by atoms with Crippen LogP contribution >= 0.6 is 0 Å². The first-order valence-corrected chi connectivity index (χ1v) is 9.33. The van der Waals surface area contributed by atoms with Crippen molar-refractivity contribution in [3.63, 3.8) is 0 Å². The highest BCUT2D eigenvalue weighted by atomic mass is 19.4. The molecule has 2 aromatic carbocycles. The molecule has 0 aromatic heterocycles. The Labute approximate surface area is 157 Å². The Hall–Kier alpha value is -2.30. The van der Waals surface area contributed by atoms with Crippen LogP contribution in [0.25, 0.3) is 0 Å². The second-order valence-corrected chi connectivity index (χ2v) is 7.56. The zero-order chi connectivity index (χ0) is 19.6. The fraction of sp³-hybridized carbons (Fsp3) is 0.409. The number of amides is 1. The molecule has 1 aliphatic carbocycles. The highest BCUT2D eigenvalue weighted by Gasteiger charge is 2.32. The normalized spacial score (nSPS) is 20.3. The molecular formula is C22H24F3NO. The molecule has 0 radical (unpaired) electrons. The van der Waals surface area contributed by atoms with E-state index in [0.717, 1.165) is 24.8 Å². The van der Waals surface area contributed by atoms with Crippen molar-refractivity contribution in [2.24, 2.45) is 5.92 Å². The van der Waals surface area contributed by atoms with Gasteiger partial charge in [0, 0.05) is 11.3 Å². The van der Waals surface area contributed by atoms with Crippen LogP contribution in [-0.4, -0.2) is 5.91 Å². The van der Waals surface area contributed by atoms with Crippen molar-refractivity contribution < 1.29 is 18.0 Å². The molecule has 2 aromatic rings. The van der Waals surface area contributed by atoms with Crippen LogP contribution in [0, 0.1) is 12.8 Å². The molecule has 1 fully saturated rings. The number of alkyl halides is 3. The van der Waals surface area contributed by atoms with Crippen LogP contribution < -0.4 is 5.32 Å². The molecule has 0 aliphatic heterocycles. The Bertz CT molecular complexity index is 803. The van der Waals surface area contributed by atoms with Crippen molar-refractivity contribution in [1.29, 1.82) is 0 Å². The summed E-state index contributed by atoms with van der Waals surface area (Å²) >= 11 is 0. The SMILES string of the molecule is Cc1ccc(NC(=O)c2ccc(C3CCC(C)CC3)cc2)cc1C(F)(F)F. The first kappa shape index (κ1) is 19.5. The molecule has 1 aliphatic rings. The predicted octanol–water partition coefficient (Wildman–Crippen LogP) is 6.56. The number of hydrogen-bond acceptors (Lipinski definition) is 1. The van der Waals surface area contributed by atoms with Crippen LogP contribution in [0.3, 0.4) is 0 Å². The molecule has 1 amide bonds. The van der Waals surface area contributed by atoms with Crippen molar-refractivity contribution in [2.45, 2.75) is 51.6 Å². The third-order valence-electron chi connectivity index (χ3n) is 5.46. The molecule has 5 heteroatoms. The second kappa shape index (κ2) is 7.75. The number of carbonyl (C=O) groups is 1. The number of anilines is 1. The Morgan fingerprint density at radius 2 is 1.63 bits per heavy atom. The van der Waals surface area contributed by atoms with E-state index < -0.39 is 17.6 Å². The van der Waals surface area contributed by atoms with Crippen LogP contribution in [0.4, 0.5) is 18.9 Å². The average molecular weight is 375 g/mol. The highest BCUT2D eigenvalue weighted by molar-refractivity contribution is 6.04. The van der Waals surface area contributed by atoms with E-state index in [4.69, 9.17) is 0 Å². The van der Waals surface area contributed by atoms with E-state index in [-0.39, 0.29) is 11.3 Å². The molecule has 0 saturated heterocycles.